The second kappa shape index (κ2) is 9.32. The number of anilines is 2. The van der Waals surface area contributed by atoms with E-state index in [4.69, 9.17) is 4.74 Å². The van der Waals surface area contributed by atoms with Crippen LogP contribution in [0.5, 0.6) is 0 Å². The summed E-state index contributed by atoms with van der Waals surface area (Å²) in [5.41, 5.74) is -1.11. The van der Waals surface area contributed by atoms with Crippen LogP contribution < -0.4 is 10.6 Å². The highest BCUT2D eigenvalue weighted by Gasteiger charge is 2.45. The van der Waals surface area contributed by atoms with Crippen molar-refractivity contribution in [2.45, 2.75) is 43.9 Å². The molecule has 1 saturated heterocycles. The van der Waals surface area contributed by atoms with Crippen LogP contribution in [0.2, 0.25) is 0 Å². The summed E-state index contributed by atoms with van der Waals surface area (Å²) in [5, 5.41) is 16.6. The number of aliphatic hydroxyl groups is 1. The van der Waals surface area contributed by atoms with Crippen LogP contribution in [0.1, 0.15) is 35.2 Å². The Kier molecular flexibility index (Phi) is 6.65. The van der Waals surface area contributed by atoms with Crippen molar-refractivity contribution >= 4 is 17.3 Å². The van der Waals surface area contributed by atoms with Crippen LogP contribution in [-0.2, 0) is 4.74 Å². The molecule has 3 N–H and O–H groups in total. The molecule has 6 nitrogen and oxygen atoms in total. The van der Waals surface area contributed by atoms with E-state index in [1.807, 2.05) is 0 Å². The number of carbonyl (C=O) groups excluding carboxylic acids is 1. The number of methoxy groups -OCH3 is 1. The quantitative estimate of drug-likeness (QED) is 0.586. The smallest absolute Gasteiger partial charge is 0.256 e. The molecule has 1 heterocycles. The average molecular weight is 464 g/mol. The van der Waals surface area contributed by atoms with Gasteiger partial charge in [0.25, 0.3) is 5.91 Å². The van der Waals surface area contributed by atoms with Gasteiger partial charge in [-0.15, -0.1) is 0 Å². The first-order valence-corrected chi connectivity index (χ1v) is 11.0. The number of nitrogens with one attached hydrogen (secondary N) is 2. The summed E-state index contributed by atoms with van der Waals surface area (Å²) in [7, 11) is 1.67. The molecule has 2 aromatic carbocycles. The molecule has 0 aromatic heterocycles. The predicted molar refractivity (Wildman–Crippen MR) is 118 cm³/mol. The van der Waals surface area contributed by atoms with Gasteiger partial charge in [-0.3, -0.25) is 4.79 Å². The lowest BCUT2D eigenvalue weighted by Crippen LogP contribution is -2.68. The molecule has 178 valence electrons. The lowest BCUT2D eigenvalue weighted by atomic mass is 9.92. The number of hydrogen-bond donors (Lipinski definition) is 3. The maximum atomic E-state index is 14.6. The van der Waals surface area contributed by atoms with Crippen LogP contribution in [0.3, 0.4) is 0 Å². The van der Waals surface area contributed by atoms with Gasteiger partial charge in [0.2, 0.25) is 0 Å². The number of ether oxygens (including phenoxy) is 1. The third kappa shape index (κ3) is 4.85. The molecule has 0 spiro atoms. The number of amides is 1. The normalized spacial score (nSPS) is 21.7. The van der Waals surface area contributed by atoms with Crippen molar-refractivity contribution in [3.63, 3.8) is 0 Å². The molecular weight excluding hydrogens is 435 g/mol. The minimum atomic E-state index is -1.27. The summed E-state index contributed by atoms with van der Waals surface area (Å²) in [6.07, 6.45) is 3.07. The van der Waals surface area contributed by atoms with Gasteiger partial charge in [-0.25, -0.2) is 13.2 Å². The van der Waals surface area contributed by atoms with Crippen LogP contribution in [0.25, 0.3) is 0 Å². The maximum Gasteiger partial charge on any atom is 0.256 e. The number of aryl methyl sites for hydroxylation is 1. The molecule has 1 aliphatic heterocycles. The molecule has 9 heteroatoms. The van der Waals surface area contributed by atoms with E-state index < -0.39 is 34.6 Å². The molecule has 2 unspecified atom stereocenters. The zero-order valence-electron chi connectivity index (χ0n) is 18.6. The molecule has 2 atom stereocenters. The first-order valence-electron chi connectivity index (χ1n) is 11.0. The van der Waals surface area contributed by atoms with Gasteiger partial charge in [0.05, 0.1) is 36.1 Å². The molecule has 33 heavy (non-hydrogen) atoms. The third-order valence-electron chi connectivity index (χ3n) is 6.42. The lowest BCUT2D eigenvalue weighted by molar-refractivity contribution is -0.0815. The fraction of sp³-hybridized carbons (Fsp3) is 0.458. The van der Waals surface area contributed by atoms with Crippen molar-refractivity contribution in [1.82, 2.24) is 10.2 Å². The van der Waals surface area contributed by atoms with Gasteiger partial charge >= 0.3 is 0 Å². The largest absolute Gasteiger partial charge is 0.385 e. The van der Waals surface area contributed by atoms with Crippen molar-refractivity contribution < 1.29 is 27.8 Å². The van der Waals surface area contributed by atoms with E-state index >= 15 is 0 Å². The summed E-state index contributed by atoms with van der Waals surface area (Å²) >= 11 is 0. The summed E-state index contributed by atoms with van der Waals surface area (Å²) in [6, 6.07) is 6.43. The first kappa shape index (κ1) is 23.5. The van der Waals surface area contributed by atoms with E-state index in [1.165, 1.54) is 17.0 Å². The Labute approximate surface area is 190 Å². The number of carbonyl (C=O) groups is 1. The van der Waals surface area contributed by atoms with E-state index in [-0.39, 0.29) is 36.5 Å². The zero-order chi connectivity index (χ0) is 23.8. The Morgan fingerprint density at radius 3 is 2.64 bits per heavy atom. The van der Waals surface area contributed by atoms with Gasteiger partial charge < -0.3 is 25.4 Å². The zero-order valence-corrected chi connectivity index (χ0v) is 18.6. The molecule has 2 fully saturated rings. The maximum absolute atomic E-state index is 14.6. The van der Waals surface area contributed by atoms with E-state index in [0.717, 1.165) is 31.4 Å². The number of likely N-dealkylation sites (tertiary alicyclic amines) is 1. The number of β-amino-alcohol motifs (C(OH)–C–C–N with tert-alkyl or cyclic N) is 1. The van der Waals surface area contributed by atoms with Crippen LogP contribution in [-0.4, -0.2) is 60.4 Å². The second-order valence-corrected chi connectivity index (χ2v) is 8.97. The van der Waals surface area contributed by atoms with Gasteiger partial charge in [-0.2, -0.15) is 0 Å². The molecule has 0 radical (unpaired) electrons. The SMILES string of the molecule is COC1CCCC1NCC1(O)CN(C(=O)c2ccc(F)c(F)c2Nc2ccc(C)cc2F)C1. The van der Waals surface area contributed by atoms with Crippen molar-refractivity contribution in [1.29, 1.82) is 0 Å². The number of rotatable bonds is 7. The number of benzene rings is 2. The third-order valence-corrected chi connectivity index (χ3v) is 6.42. The van der Waals surface area contributed by atoms with Gasteiger partial charge in [0.15, 0.2) is 11.6 Å². The van der Waals surface area contributed by atoms with Crippen molar-refractivity contribution in [2.24, 2.45) is 0 Å². The molecule has 1 aliphatic carbocycles. The standard InChI is InChI=1S/C24H28F3N3O3/c1-14-6-9-18(17(26)10-14)29-22-15(7-8-16(25)21(22)27)23(31)30-12-24(32,13-30)11-28-19-4-3-5-20(19)33-2/h6-10,19-20,28-29,32H,3-5,11-13H2,1-2H3. The topological polar surface area (TPSA) is 73.8 Å². The lowest BCUT2D eigenvalue weighted by Gasteiger charge is -2.47. The summed E-state index contributed by atoms with van der Waals surface area (Å²) in [4.78, 5) is 14.4. The van der Waals surface area contributed by atoms with Crippen molar-refractivity contribution in [2.75, 3.05) is 32.1 Å². The van der Waals surface area contributed by atoms with Gasteiger partial charge in [0, 0.05) is 19.7 Å². The van der Waals surface area contributed by atoms with E-state index in [2.05, 4.69) is 10.6 Å². The molecule has 2 aromatic rings. The Balaban J connectivity index is 1.46. The fourth-order valence-electron chi connectivity index (χ4n) is 4.56. The molecule has 2 aliphatic rings. The molecule has 0 bridgehead atoms. The van der Waals surface area contributed by atoms with Crippen LogP contribution in [0.4, 0.5) is 24.5 Å². The second-order valence-electron chi connectivity index (χ2n) is 8.97. The summed E-state index contributed by atoms with van der Waals surface area (Å²) in [5.74, 6) is -3.66. The number of hydrogen-bond acceptors (Lipinski definition) is 5. The van der Waals surface area contributed by atoms with Gasteiger partial charge in [-0.1, -0.05) is 6.07 Å². The monoisotopic (exact) mass is 463 g/mol. The fourth-order valence-corrected chi connectivity index (χ4v) is 4.56. The summed E-state index contributed by atoms with van der Waals surface area (Å²) < 4.78 is 48.3. The molecule has 4 rings (SSSR count). The molecule has 1 amide bonds. The van der Waals surface area contributed by atoms with E-state index in [0.29, 0.717) is 12.1 Å². The number of halogens is 3. The van der Waals surface area contributed by atoms with Crippen LogP contribution >= 0.6 is 0 Å². The highest BCUT2D eigenvalue weighted by atomic mass is 19.2. The van der Waals surface area contributed by atoms with Crippen molar-refractivity contribution in [3.8, 4) is 0 Å². The van der Waals surface area contributed by atoms with Gasteiger partial charge in [-0.05, 0) is 56.0 Å². The average Bonchev–Trinajstić information content (AvgIpc) is 3.22. The Hall–Kier alpha value is -2.62. The van der Waals surface area contributed by atoms with Crippen LogP contribution in [0, 0.1) is 24.4 Å². The highest BCUT2D eigenvalue weighted by molar-refractivity contribution is 6.01. The minimum absolute atomic E-state index is 0.0422. The molecule has 1 saturated carbocycles. The molecular formula is C24H28F3N3O3. The Bertz CT molecular complexity index is 1040. The predicted octanol–water partition coefficient (Wildman–Crippen LogP) is 3.50. The summed E-state index contributed by atoms with van der Waals surface area (Å²) in [6.45, 7) is 2.08. The number of nitrogens with zero attached hydrogens (tertiary/aromatic N) is 1. The Morgan fingerprint density at radius 2 is 1.94 bits per heavy atom. The van der Waals surface area contributed by atoms with Gasteiger partial charge in [0.1, 0.15) is 11.4 Å². The Morgan fingerprint density at radius 1 is 1.18 bits per heavy atom. The van der Waals surface area contributed by atoms with Crippen LogP contribution in [0.15, 0.2) is 30.3 Å². The van der Waals surface area contributed by atoms with E-state index in [9.17, 15) is 23.1 Å². The minimum Gasteiger partial charge on any atom is -0.385 e. The van der Waals surface area contributed by atoms with Crippen molar-refractivity contribution in [3.05, 3.63) is 58.9 Å². The first-order chi connectivity index (χ1) is 15.7. The van der Waals surface area contributed by atoms with E-state index in [1.54, 1.807) is 20.1 Å². The highest BCUT2D eigenvalue weighted by Crippen LogP contribution is 2.32.